The van der Waals surface area contributed by atoms with Gasteiger partial charge in [-0.15, -0.1) is 0 Å². The highest BCUT2D eigenvalue weighted by molar-refractivity contribution is 5.39. The lowest BCUT2D eigenvalue weighted by Crippen LogP contribution is -2.07. The van der Waals surface area contributed by atoms with E-state index in [9.17, 15) is 0 Å². The quantitative estimate of drug-likeness (QED) is 0.696. The maximum atomic E-state index is 5.48. The van der Waals surface area contributed by atoms with Gasteiger partial charge in [0.2, 0.25) is 0 Å². The van der Waals surface area contributed by atoms with Crippen molar-refractivity contribution in [3.8, 4) is 5.75 Å². The molecule has 0 N–H and O–H groups in total. The van der Waals surface area contributed by atoms with Gasteiger partial charge in [0.05, 0.1) is 13.2 Å². The van der Waals surface area contributed by atoms with Crippen molar-refractivity contribution in [2.75, 3.05) is 20.3 Å². The number of benzene rings is 1. The maximum Gasteiger partial charge on any atom is 0.123 e. The Hall–Kier alpha value is -1.02. The first-order chi connectivity index (χ1) is 5.92. The normalized spacial score (nSPS) is 18.7. The van der Waals surface area contributed by atoms with E-state index >= 15 is 0 Å². The zero-order valence-electron chi connectivity index (χ0n) is 7.12. The van der Waals surface area contributed by atoms with Crippen LogP contribution in [0.4, 0.5) is 0 Å². The van der Waals surface area contributed by atoms with Gasteiger partial charge >= 0.3 is 0 Å². The molecule has 2 nitrogen and oxygen atoms in total. The van der Waals surface area contributed by atoms with Crippen molar-refractivity contribution in [2.45, 2.75) is 13.3 Å². The Balaban J connectivity index is 0.000000845. The van der Waals surface area contributed by atoms with E-state index in [-0.39, 0.29) is 7.43 Å². The van der Waals surface area contributed by atoms with Crippen molar-refractivity contribution in [3.05, 3.63) is 29.8 Å². The fourth-order valence-corrected chi connectivity index (χ4v) is 1.57. The minimum Gasteiger partial charge on any atom is -0.493 e. The molecular weight excluding hydrogens is 164 g/mol. The molecule has 0 aromatic heterocycles. The Bertz CT molecular complexity index is 269. The fraction of sp³-hybridized carbons (Fsp3) is 0.455. The summed E-state index contributed by atoms with van der Waals surface area (Å²) in [4.78, 5) is 0. The van der Waals surface area contributed by atoms with Crippen molar-refractivity contribution in [3.63, 3.8) is 0 Å². The first kappa shape index (κ1) is 10.1. The molecule has 0 saturated carbocycles. The molecule has 0 unspecified atom stereocenters. The van der Waals surface area contributed by atoms with Gasteiger partial charge in [-0.05, 0) is 6.07 Å². The van der Waals surface area contributed by atoms with Crippen LogP contribution in [0.5, 0.6) is 5.75 Å². The average molecular weight is 180 g/mol. The van der Waals surface area contributed by atoms with Gasteiger partial charge in [-0.25, -0.2) is 0 Å². The summed E-state index contributed by atoms with van der Waals surface area (Å²) < 4.78 is 10.6. The van der Waals surface area contributed by atoms with Gasteiger partial charge in [0, 0.05) is 18.6 Å². The van der Waals surface area contributed by atoms with Crippen LogP contribution in [0.25, 0.3) is 0 Å². The number of hydrogen-bond donors (Lipinski definition) is 0. The fourth-order valence-electron chi connectivity index (χ4n) is 1.57. The molecule has 2 rings (SSSR count). The molecular formula is C11H16O2. The lowest BCUT2D eigenvalue weighted by molar-refractivity contribution is 0.166. The second kappa shape index (κ2) is 4.28. The third-order valence-corrected chi connectivity index (χ3v) is 2.17. The summed E-state index contributed by atoms with van der Waals surface area (Å²) in [5, 5.41) is 0. The second-order valence-corrected chi connectivity index (χ2v) is 3.00. The molecule has 0 amide bonds. The molecule has 0 bridgehead atoms. The van der Waals surface area contributed by atoms with Crippen molar-refractivity contribution in [1.29, 1.82) is 0 Å². The molecule has 2 heteroatoms. The molecule has 1 atom stereocenters. The Morgan fingerprint density at radius 1 is 1.46 bits per heavy atom. The summed E-state index contributed by atoms with van der Waals surface area (Å²) >= 11 is 0. The van der Waals surface area contributed by atoms with Crippen molar-refractivity contribution < 1.29 is 9.47 Å². The van der Waals surface area contributed by atoms with Crippen molar-refractivity contribution >= 4 is 0 Å². The minimum absolute atomic E-state index is 0. The summed E-state index contributed by atoms with van der Waals surface area (Å²) in [7, 11) is 1.72. The first-order valence-electron chi connectivity index (χ1n) is 4.12. The van der Waals surface area contributed by atoms with E-state index in [4.69, 9.17) is 9.47 Å². The summed E-state index contributed by atoms with van der Waals surface area (Å²) in [6.07, 6.45) is 0. The van der Waals surface area contributed by atoms with Crippen LogP contribution in [0.3, 0.4) is 0 Å². The van der Waals surface area contributed by atoms with E-state index in [1.54, 1.807) is 7.11 Å². The largest absolute Gasteiger partial charge is 0.493 e. The van der Waals surface area contributed by atoms with E-state index in [1.165, 1.54) is 5.56 Å². The van der Waals surface area contributed by atoms with Gasteiger partial charge in [0.1, 0.15) is 5.75 Å². The molecule has 0 radical (unpaired) electrons. The molecule has 72 valence electrons. The summed E-state index contributed by atoms with van der Waals surface area (Å²) in [6.45, 7) is 1.50. The Labute approximate surface area is 79.5 Å². The Kier molecular flexibility index (Phi) is 3.32. The molecule has 13 heavy (non-hydrogen) atoms. The Morgan fingerprint density at radius 3 is 3.00 bits per heavy atom. The molecule has 1 heterocycles. The van der Waals surface area contributed by atoms with Crippen LogP contribution >= 0.6 is 0 Å². The molecule has 0 saturated heterocycles. The van der Waals surface area contributed by atoms with Crippen LogP contribution in [0.15, 0.2) is 24.3 Å². The first-order valence-corrected chi connectivity index (χ1v) is 4.12. The predicted octanol–water partition coefficient (Wildman–Crippen LogP) is 2.45. The topological polar surface area (TPSA) is 18.5 Å². The second-order valence-electron chi connectivity index (χ2n) is 3.00. The van der Waals surface area contributed by atoms with Crippen LogP contribution < -0.4 is 4.74 Å². The number of para-hydroxylation sites is 1. The summed E-state index contributed by atoms with van der Waals surface area (Å²) in [5.74, 6) is 1.44. The van der Waals surface area contributed by atoms with E-state index in [0.717, 1.165) is 19.0 Å². The molecule has 1 aliphatic rings. The highest BCUT2D eigenvalue weighted by Crippen LogP contribution is 2.33. The average Bonchev–Trinajstić information content (AvgIpc) is 2.50. The van der Waals surface area contributed by atoms with Gasteiger partial charge in [-0.1, -0.05) is 25.6 Å². The van der Waals surface area contributed by atoms with E-state index in [1.807, 2.05) is 18.2 Å². The van der Waals surface area contributed by atoms with Crippen molar-refractivity contribution in [2.24, 2.45) is 0 Å². The summed E-state index contributed by atoms with van der Waals surface area (Å²) in [5.41, 5.74) is 1.28. The Morgan fingerprint density at radius 2 is 2.23 bits per heavy atom. The molecule has 1 aliphatic heterocycles. The number of hydrogen-bond acceptors (Lipinski definition) is 2. The molecule has 0 spiro atoms. The van der Waals surface area contributed by atoms with E-state index < -0.39 is 0 Å². The van der Waals surface area contributed by atoms with Gasteiger partial charge in [-0.3, -0.25) is 0 Å². The molecule has 1 aromatic carbocycles. The molecule has 1 aromatic rings. The summed E-state index contributed by atoms with van der Waals surface area (Å²) in [6, 6.07) is 8.14. The van der Waals surface area contributed by atoms with Crippen LogP contribution in [-0.2, 0) is 4.74 Å². The van der Waals surface area contributed by atoms with Crippen molar-refractivity contribution in [1.82, 2.24) is 0 Å². The van der Waals surface area contributed by atoms with Crippen LogP contribution in [0, 0.1) is 0 Å². The highest BCUT2D eigenvalue weighted by Gasteiger charge is 2.22. The maximum absolute atomic E-state index is 5.48. The number of rotatable bonds is 2. The molecule has 0 fully saturated rings. The van der Waals surface area contributed by atoms with Gasteiger partial charge in [-0.2, -0.15) is 0 Å². The third-order valence-electron chi connectivity index (χ3n) is 2.17. The number of methoxy groups -OCH3 is 1. The standard InChI is InChI=1S/C10H12O2.CH4/c1-11-6-8-7-12-10-5-3-2-4-9(8)10;/h2-5,8H,6-7H2,1H3;1H4/t8-;/m1./s1. The predicted molar refractivity (Wildman–Crippen MR) is 53.3 cm³/mol. The lowest BCUT2D eigenvalue weighted by Gasteiger charge is -2.05. The van der Waals surface area contributed by atoms with Crippen LogP contribution in [0.1, 0.15) is 18.9 Å². The van der Waals surface area contributed by atoms with E-state index in [2.05, 4.69) is 6.07 Å². The SMILES string of the molecule is C.COC[C@@H]1COc2ccccc21. The lowest BCUT2D eigenvalue weighted by atomic mass is 10.0. The zero-order chi connectivity index (χ0) is 8.39. The zero-order valence-corrected chi connectivity index (χ0v) is 7.12. The third kappa shape index (κ3) is 1.83. The number of fused-ring (bicyclic) bond motifs is 1. The molecule has 0 aliphatic carbocycles. The number of ether oxygens (including phenoxy) is 2. The van der Waals surface area contributed by atoms with Gasteiger partial charge in [0.25, 0.3) is 0 Å². The van der Waals surface area contributed by atoms with Crippen LogP contribution in [0.2, 0.25) is 0 Å². The highest BCUT2D eigenvalue weighted by atomic mass is 16.5. The van der Waals surface area contributed by atoms with Crippen LogP contribution in [-0.4, -0.2) is 20.3 Å². The van der Waals surface area contributed by atoms with E-state index in [0.29, 0.717) is 5.92 Å². The van der Waals surface area contributed by atoms with Gasteiger partial charge in [0.15, 0.2) is 0 Å². The smallest absolute Gasteiger partial charge is 0.123 e. The van der Waals surface area contributed by atoms with Gasteiger partial charge < -0.3 is 9.47 Å². The monoisotopic (exact) mass is 180 g/mol. The minimum atomic E-state index is 0.